The molecule has 0 radical (unpaired) electrons. The quantitative estimate of drug-likeness (QED) is 0.925. The second kappa shape index (κ2) is 6.01. The molecule has 1 aliphatic rings. The zero-order valence-electron chi connectivity index (χ0n) is 11.6. The van der Waals surface area contributed by atoms with Crippen LogP contribution in [0.4, 0.5) is 13.2 Å². The highest BCUT2D eigenvalue weighted by atomic mass is 19.4. The Kier molecular flexibility index (Phi) is 4.55. The van der Waals surface area contributed by atoms with E-state index in [9.17, 15) is 13.2 Å². The van der Waals surface area contributed by atoms with E-state index in [1.807, 2.05) is 0 Å². The molecule has 3 nitrogen and oxygen atoms in total. The third-order valence-electron chi connectivity index (χ3n) is 3.44. The monoisotopic (exact) mass is 288 g/mol. The molecule has 0 bridgehead atoms. The molecule has 1 heterocycles. The van der Waals surface area contributed by atoms with Crippen LogP contribution in [0.2, 0.25) is 0 Å². The first-order chi connectivity index (χ1) is 9.33. The van der Waals surface area contributed by atoms with Gasteiger partial charge in [-0.1, -0.05) is 12.1 Å². The van der Waals surface area contributed by atoms with Crippen molar-refractivity contribution in [3.05, 3.63) is 29.8 Å². The van der Waals surface area contributed by atoms with Crippen molar-refractivity contribution >= 4 is 0 Å². The minimum Gasteiger partial charge on any atom is -0.406 e. The van der Waals surface area contributed by atoms with Crippen molar-refractivity contribution in [2.45, 2.75) is 38.8 Å². The van der Waals surface area contributed by atoms with Crippen molar-refractivity contribution < 1.29 is 17.9 Å². The molecule has 0 amide bonds. The molecule has 0 aromatic heterocycles. The maximum Gasteiger partial charge on any atom is 0.573 e. The predicted molar refractivity (Wildman–Crippen MR) is 70.5 cm³/mol. The lowest BCUT2D eigenvalue weighted by Gasteiger charge is -2.37. The van der Waals surface area contributed by atoms with Gasteiger partial charge in [-0.05, 0) is 31.5 Å². The zero-order valence-corrected chi connectivity index (χ0v) is 11.6. The summed E-state index contributed by atoms with van der Waals surface area (Å²) in [5, 5.41) is 3.40. The van der Waals surface area contributed by atoms with Crippen molar-refractivity contribution in [1.29, 1.82) is 0 Å². The van der Waals surface area contributed by atoms with Gasteiger partial charge in [0.15, 0.2) is 0 Å². The Morgan fingerprint density at radius 3 is 2.50 bits per heavy atom. The molecule has 0 saturated carbocycles. The summed E-state index contributed by atoms with van der Waals surface area (Å²) in [7, 11) is 0. The van der Waals surface area contributed by atoms with Crippen LogP contribution >= 0.6 is 0 Å². The Morgan fingerprint density at radius 1 is 1.25 bits per heavy atom. The topological polar surface area (TPSA) is 24.5 Å². The van der Waals surface area contributed by atoms with Crippen LogP contribution in [0.1, 0.15) is 19.4 Å². The molecule has 0 unspecified atom stereocenters. The average Bonchev–Trinajstić information content (AvgIpc) is 2.34. The summed E-state index contributed by atoms with van der Waals surface area (Å²) >= 11 is 0. The SMILES string of the molecule is C[C@@H]1CN[C@@H](C)CN1Cc1ccc(OC(F)(F)F)cc1. The van der Waals surface area contributed by atoms with Crippen molar-refractivity contribution in [3.63, 3.8) is 0 Å². The molecule has 1 saturated heterocycles. The Morgan fingerprint density at radius 2 is 1.90 bits per heavy atom. The average molecular weight is 288 g/mol. The number of rotatable bonds is 3. The first-order valence-electron chi connectivity index (χ1n) is 6.65. The minimum absolute atomic E-state index is 0.178. The number of hydrogen-bond donors (Lipinski definition) is 1. The second-order valence-corrected chi connectivity index (χ2v) is 5.28. The van der Waals surface area contributed by atoms with Crippen molar-refractivity contribution in [2.24, 2.45) is 0 Å². The largest absolute Gasteiger partial charge is 0.573 e. The fraction of sp³-hybridized carbons (Fsp3) is 0.571. The first kappa shape index (κ1) is 15.1. The number of ether oxygens (including phenoxy) is 1. The summed E-state index contributed by atoms with van der Waals surface area (Å²) in [6.45, 7) is 6.86. The maximum atomic E-state index is 12.1. The molecule has 0 aliphatic carbocycles. The first-order valence-corrected chi connectivity index (χ1v) is 6.65. The molecule has 1 N–H and O–H groups in total. The Balaban J connectivity index is 1.96. The van der Waals surface area contributed by atoms with E-state index in [1.165, 1.54) is 12.1 Å². The molecule has 0 spiro atoms. The number of nitrogens with one attached hydrogen (secondary N) is 1. The molecule has 1 fully saturated rings. The lowest BCUT2D eigenvalue weighted by Crippen LogP contribution is -2.53. The summed E-state index contributed by atoms with van der Waals surface area (Å²) < 4.78 is 40.1. The van der Waals surface area contributed by atoms with E-state index in [0.29, 0.717) is 12.1 Å². The molecule has 1 aromatic carbocycles. The Bertz CT molecular complexity index is 433. The van der Waals surface area contributed by atoms with Gasteiger partial charge in [-0.3, -0.25) is 4.90 Å². The highest BCUT2D eigenvalue weighted by molar-refractivity contribution is 5.27. The molecule has 20 heavy (non-hydrogen) atoms. The van der Waals surface area contributed by atoms with Crippen LogP contribution in [0, 0.1) is 0 Å². The van der Waals surface area contributed by atoms with Crippen molar-refractivity contribution in [2.75, 3.05) is 13.1 Å². The number of halogens is 3. The van der Waals surface area contributed by atoms with Gasteiger partial charge in [-0.25, -0.2) is 0 Å². The second-order valence-electron chi connectivity index (χ2n) is 5.28. The van der Waals surface area contributed by atoms with Gasteiger partial charge in [-0.2, -0.15) is 0 Å². The lowest BCUT2D eigenvalue weighted by atomic mass is 10.1. The smallest absolute Gasteiger partial charge is 0.406 e. The summed E-state index contributed by atoms with van der Waals surface area (Å²) in [5.41, 5.74) is 0.987. The van der Waals surface area contributed by atoms with Crippen LogP contribution in [-0.4, -0.2) is 36.4 Å². The van der Waals surface area contributed by atoms with E-state index >= 15 is 0 Å². The molecular weight excluding hydrogens is 269 g/mol. The summed E-state index contributed by atoms with van der Waals surface area (Å²) in [4.78, 5) is 2.32. The van der Waals surface area contributed by atoms with Crippen LogP contribution in [0.25, 0.3) is 0 Å². The molecule has 1 aromatic rings. The number of piperazine rings is 1. The van der Waals surface area contributed by atoms with Gasteiger partial charge in [0.25, 0.3) is 0 Å². The van der Waals surface area contributed by atoms with Gasteiger partial charge < -0.3 is 10.1 Å². The van der Waals surface area contributed by atoms with Gasteiger partial charge >= 0.3 is 6.36 Å². The molecule has 6 heteroatoms. The van der Waals surface area contributed by atoms with Crippen molar-refractivity contribution in [3.8, 4) is 5.75 Å². The number of hydrogen-bond acceptors (Lipinski definition) is 3. The van der Waals surface area contributed by atoms with Crippen LogP contribution < -0.4 is 10.1 Å². The Labute approximate surface area is 116 Å². The normalized spacial score (nSPS) is 24.6. The van der Waals surface area contributed by atoms with E-state index in [-0.39, 0.29) is 5.75 Å². The van der Waals surface area contributed by atoms with E-state index < -0.39 is 6.36 Å². The highest BCUT2D eigenvalue weighted by Crippen LogP contribution is 2.23. The third kappa shape index (κ3) is 4.38. The third-order valence-corrected chi connectivity index (χ3v) is 3.44. The van der Waals surface area contributed by atoms with Crippen LogP contribution in [0.15, 0.2) is 24.3 Å². The fourth-order valence-corrected chi connectivity index (χ4v) is 2.35. The van der Waals surface area contributed by atoms with E-state index in [4.69, 9.17) is 0 Å². The lowest BCUT2D eigenvalue weighted by molar-refractivity contribution is -0.274. The molecule has 1 aliphatic heterocycles. The van der Waals surface area contributed by atoms with Gasteiger partial charge in [0.2, 0.25) is 0 Å². The molecule has 2 atom stereocenters. The van der Waals surface area contributed by atoms with Gasteiger partial charge in [-0.15, -0.1) is 13.2 Å². The summed E-state index contributed by atoms with van der Waals surface area (Å²) in [6.07, 6.45) is -4.63. The van der Waals surface area contributed by atoms with Gasteiger partial charge in [0.05, 0.1) is 0 Å². The van der Waals surface area contributed by atoms with Crippen molar-refractivity contribution in [1.82, 2.24) is 10.2 Å². The van der Waals surface area contributed by atoms with Gasteiger partial charge in [0.1, 0.15) is 5.75 Å². The maximum absolute atomic E-state index is 12.1. The van der Waals surface area contributed by atoms with E-state index in [1.54, 1.807) is 12.1 Å². The van der Waals surface area contributed by atoms with Crippen LogP contribution in [0.3, 0.4) is 0 Å². The highest BCUT2D eigenvalue weighted by Gasteiger charge is 2.31. The molecule has 112 valence electrons. The molecular formula is C14H19F3N2O. The molecule has 2 rings (SSSR count). The van der Waals surface area contributed by atoms with E-state index in [2.05, 4.69) is 28.8 Å². The van der Waals surface area contributed by atoms with Gasteiger partial charge in [0, 0.05) is 31.7 Å². The number of benzene rings is 1. The predicted octanol–water partition coefficient (Wildman–Crippen LogP) is 2.77. The fourth-order valence-electron chi connectivity index (χ4n) is 2.35. The Hall–Kier alpha value is -1.27. The van der Waals surface area contributed by atoms with E-state index in [0.717, 1.165) is 25.2 Å². The zero-order chi connectivity index (χ0) is 14.8. The van der Waals surface area contributed by atoms with Crippen LogP contribution in [-0.2, 0) is 6.54 Å². The minimum atomic E-state index is -4.63. The van der Waals surface area contributed by atoms with Crippen LogP contribution in [0.5, 0.6) is 5.75 Å². The standard InChI is InChI=1S/C14H19F3N2O/c1-10-8-19(11(2)7-18-10)9-12-3-5-13(6-4-12)20-14(15,16)17/h3-6,10-11,18H,7-9H2,1-2H3/t10-,11+/m0/s1. The summed E-state index contributed by atoms with van der Waals surface area (Å²) in [5.74, 6) is -0.178. The summed E-state index contributed by atoms with van der Waals surface area (Å²) in [6, 6.07) is 6.93. The number of alkyl halides is 3. The number of nitrogens with zero attached hydrogens (tertiary/aromatic N) is 1.